The number of nitrogens with zero attached hydrogens (tertiary/aromatic N) is 4. The van der Waals surface area contributed by atoms with Crippen molar-refractivity contribution in [2.24, 2.45) is 0 Å². The van der Waals surface area contributed by atoms with E-state index in [9.17, 15) is 13.2 Å². The Morgan fingerprint density at radius 1 is 1.08 bits per heavy atom. The summed E-state index contributed by atoms with van der Waals surface area (Å²) in [6, 6.07) is 9.33. The summed E-state index contributed by atoms with van der Waals surface area (Å²) in [5, 5.41) is 8.91. The maximum atomic E-state index is 13.3. The third-order valence-electron chi connectivity index (χ3n) is 8.10. The van der Waals surface area contributed by atoms with Crippen LogP contribution in [0.15, 0.2) is 24.3 Å². The summed E-state index contributed by atoms with van der Waals surface area (Å²) in [7, 11) is -3.17. The van der Waals surface area contributed by atoms with Crippen LogP contribution in [0.25, 0.3) is 10.9 Å². The van der Waals surface area contributed by atoms with E-state index in [0.717, 1.165) is 62.8 Å². The molecule has 1 amide bonds. The monoisotopic (exact) mass is 516 g/mol. The first-order valence-corrected chi connectivity index (χ1v) is 15.3. The number of carbonyl (C=O) groups excluding carboxylic acids is 1. The number of carbonyl (C=O) groups is 1. The Labute approximate surface area is 214 Å². The molecule has 1 aromatic heterocycles. The summed E-state index contributed by atoms with van der Waals surface area (Å²) in [6.07, 6.45) is 7.48. The second-order valence-corrected chi connectivity index (χ2v) is 13.0. The van der Waals surface area contributed by atoms with Gasteiger partial charge in [0.15, 0.2) is 5.69 Å². The van der Waals surface area contributed by atoms with Crippen molar-refractivity contribution < 1.29 is 13.2 Å². The number of para-hydroxylation sites is 1. The third kappa shape index (κ3) is 5.61. The number of amides is 1. The molecule has 3 saturated heterocycles. The van der Waals surface area contributed by atoms with Crippen molar-refractivity contribution in [2.45, 2.75) is 82.6 Å². The number of hydrogen-bond donors (Lipinski definition) is 2. The molecule has 36 heavy (non-hydrogen) atoms. The van der Waals surface area contributed by atoms with Crippen LogP contribution in [-0.4, -0.2) is 90.5 Å². The highest BCUT2D eigenvalue weighted by atomic mass is 32.2. The summed E-state index contributed by atoms with van der Waals surface area (Å²) in [5.41, 5.74) is 1.52. The molecule has 3 aliphatic rings. The topological polar surface area (TPSA) is 99.6 Å². The molecular weight excluding hydrogens is 476 g/mol. The van der Waals surface area contributed by atoms with Gasteiger partial charge in [0.25, 0.3) is 5.91 Å². The SMILES string of the molecule is CC(C)n1nc(C(=O)N[C@@H]2C[C@H]3CC[C@@H](C2)N3CCN2CCCC(NS(C)(=O)=O)C2)c2ccccc21. The second-order valence-electron chi connectivity index (χ2n) is 11.2. The normalized spacial score (nSPS) is 27.7. The van der Waals surface area contributed by atoms with Crippen molar-refractivity contribution in [1.82, 2.24) is 29.6 Å². The summed E-state index contributed by atoms with van der Waals surface area (Å²) >= 11 is 0. The van der Waals surface area contributed by atoms with Gasteiger partial charge in [-0.2, -0.15) is 5.10 Å². The van der Waals surface area contributed by atoms with Gasteiger partial charge in [0, 0.05) is 55.2 Å². The molecule has 3 fully saturated rings. The van der Waals surface area contributed by atoms with E-state index in [2.05, 4.69) is 38.8 Å². The van der Waals surface area contributed by atoms with Gasteiger partial charge in [0.05, 0.1) is 11.8 Å². The first-order valence-electron chi connectivity index (χ1n) is 13.4. The molecule has 4 atom stereocenters. The number of aromatic nitrogens is 2. The molecular formula is C26H40N6O3S. The fourth-order valence-electron chi connectivity index (χ4n) is 6.58. The third-order valence-corrected chi connectivity index (χ3v) is 8.86. The van der Waals surface area contributed by atoms with Crippen LogP contribution in [0.1, 0.15) is 68.9 Å². The van der Waals surface area contributed by atoms with Crippen LogP contribution in [0, 0.1) is 0 Å². The Morgan fingerprint density at radius 2 is 1.81 bits per heavy atom. The Bertz CT molecular complexity index is 1180. The fraction of sp³-hybridized carbons (Fsp3) is 0.692. The molecule has 2 bridgehead atoms. The van der Waals surface area contributed by atoms with Crippen molar-refractivity contribution >= 4 is 26.8 Å². The maximum absolute atomic E-state index is 13.3. The number of rotatable bonds is 8. The van der Waals surface area contributed by atoms with Gasteiger partial charge in [0.2, 0.25) is 10.0 Å². The Morgan fingerprint density at radius 3 is 2.50 bits per heavy atom. The quantitative estimate of drug-likeness (QED) is 0.559. The van der Waals surface area contributed by atoms with E-state index in [-0.39, 0.29) is 24.0 Å². The predicted molar refractivity (Wildman–Crippen MR) is 142 cm³/mol. The van der Waals surface area contributed by atoms with E-state index < -0.39 is 10.0 Å². The average Bonchev–Trinajstić information content (AvgIpc) is 3.32. The summed E-state index contributed by atoms with van der Waals surface area (Å²) in [5.74, 6) is -0.0683. The number of fused-ring (bicyclic) bond motifs is 3. The molecule has 0 radical (unpaired) electrons. The zero-order chi connectivity index (χ0) is 25.4. The van der Waals surface area contributed by atoms with Gasteiger partial charge in [-0.25, -0.2) is 13.1 Å². The van der Waals surface area contributed by atoms with Gasteiger partial charge in [-0.05, 0) is 65.0 Å². The van der Waals surface area contributed by atoms with E-state index >= 15 is 0 Å². The van der Waals surface area contributed by atoms with Crippen LogP contribution < -0.4 is 10.0 Å². The summed E-state index contributed by atoms with van der Waals surface area (Å²) < 4.78 is 28.0. The molecule has 2 aromatic rings. The number of hydrogen-bond acceptors (Lipinski definition) is 6. The first kappa shape index (κ1) is 25.6. The van der Waals surface area contributed by atoms with Gasteiger partial charge in [-0.1, -0.05) is 18.2 Å². The highest BCUT2D eigenvalue weighted by molar-refractivity contribution is 7.88. The smallest absolute Gasteiger partial charge is 0.272 e. The van der Waals surface area contributed by atoms with E-state index in [1.54, 1.807) is 0 Å². The molecule has 0 spiro atoms. The van der Waals surface area contributed by atoms with Crippen molar-refractivity contribution in [1.29, 1.82) is 0 Å². The van der Waals surface area contributed by atoms with Crippen LogP contribution >= 0.6 is 0 Å². The standard InChI is InChI=1S/C26H40N6O3S/c1-18(2)32-24-9-5-4-8-23(24)25(28-32)26(33)27-20-15-21-10-11-22(16-20)31(21)14-13-30-12-6-7-19(17-30)29-36(3,34)35/h4-5,8-9,18-22,29H,6-7,10-17H2,1-3H3,(H,27,33)/t19?,20-,21-,22+. The maximum Gasteiger partial charge on any atom is 0.272 e. The molecule has 2 N–H and O–H groups in total. The van der Waals surface area contributed by atoms with Crippen molar-refractivity contribution in [3.05, 3.63) is 30.0 Å². The Hall–Kier alpha value is -2.01. The minimum absolute atomic E-state index is 0.0154. The van der Waals surface area contributed by atoms with Gasteiger partial charge in [-0.3, -0.25) is 14.4 Å². The lowest BCUT2D eigenvalue weighted by Gasteiger charge is -2.41. The van der Waals surface area contributed by atoms with E-state index in [1.165, 1.54) is 19.1 Å². The van der Waals surface area contributed by atoms with Crippen LogP contribution in [-0.2, 0) is 10.0 Å². The first-order chi connectivity index (χ1) is 17.2. The average molecular weight is 517 g/mol. The highest BCUT2D eigenvalue weighted by Crippen LogP contribution is 2.36. The van der Waals surface area contributed by atoms with Gasteiger partial charge in [-0.15, -0.1) is 0 Å². The number of nitrogens with one attached hydrogen (secondary N) is 2. The zero-order valence-corrected chi connectivity index (χ0v) is 22.5. The van der Waals surface area contributed by atoms with Crippen LogP contribution in [0.5, 0.6) is 0 Å². The fourth-order valence-corrected chi connectivity index (χ4v) is 7.37. The molecule has 1 aromatic carbocycles. The van der Waals surface area contributed by atoms with Crippen LogP contribution in [0.3, 0.4) is 0 Å². The molecule has 5 rings (SSSR count). The summed E-state index contributed by atoms with van der Waals surface area (Å²) in [6.45, 7) is 7.95. The molecule has 9 nitrogen and oxygen atoms in total. The minimum atomic E-state index is -3.17. The molecule has 0 aliphatic carbocycles. The largest absolute Gasteiger partial charge is 0.348 e. The highest BCUT2D eigenvalue weighted by Gasteiger charge is 2.41. The molecule has 1 unspecified atom stereocenters. The summed E-state index contributed by atoms with van der Waals surface area (Å²) in [4.78, 5) is 18.3. The number of piperidine rings is 2. The van der Waals surface area contributed by atoms with E-state index in [1.807, 2.05) is 28.9 Å². The van der Waals surface area contributed by atoms with Crippen LogP contribution in [0.2, 0.25) is 0 Å². The van der Waals surface area contributed by atoms with Crippen LogP contribution in [0.4, 0.5) is 0 Å². The van der Waals surface area contributed by atoms with Gasteiger partial charge < -0.3 is 10.2 Å². The van der Waals surface area contributed by atoms with E-state index in [0.29, 0.717) is 17.8 Å². The second kappa shape index (κ2) is 10.4. The number of sulfonamides is 1. The molecule has 10 heteroatoms. The lowest BCUT2D eigenvalue weighted by atomic mass is 9.97. The van der Waals surface area contributed by atoms with Crippen molar-refractivity contribution in [3.63, 3.8) is 0 Å². The Kier molecular flexibility index (Phi) is 7.40. The number of likely N-dealkylation sites (tertiary alicyclic amines) is 1. The van der Waals surface area contributed by atoms with Crippen molar-refractivity contribution in [3.8, 4) is 0 Å². The van der Waals surface area contributed by atoms with Gasteiger partial charge >= 0.3 is 0 Å². The molecule has 0 saturated carbocycles. The number of benzene rings is 1. The minimum Gasteiger partial charge on any atom is -0.348 e. The van der Waals surface area contributed by atoms with Gasteiger partial charge in [0.1, 0.15) is 0 Å². The van der Waals surface area contributed by atoms with E-state index in [4.69, 9.17) is 0 Å². The molecule has 4 heterocycles. The predicted octanol–water partition coefficient (Wildman–Crippen LogP) is 2.36. The Balaban J connectivity index is 1.17. The lowest BCUT2D eigenvalue weighted by Crippen LogP contribution is -2.53. The van der Waals surface area contributed by atoms with Crippen molar-refractivity contribution in [2.75, 3.05) is 32.4 Å². The molecule has 198 valence electrons. The lowest BCUT2D eigenvalue weighted by molar-refractivity contribution is 0.0785. The molecule has 3 aliphatic heterocycles. The zero-order valence-electron chi connectivity index (χ0n) is 21.7.